The van der Waals surface area contributed by atoms with Crippen molar-refractivity contribution in [3.63, 3.8) is 0 Å². The minimum Gasteiger partial charge on any atom is -0.476 e. The SMILES string of the molecule is CCOC(=O)[C@@]12C[C@H](OC(C)=O)[C@]1(c1ccccc1)N=C(OCC)C2=O. The lowest BCUT2D eigenvalue weighted by Gasteiger charge is -2.54. The van der Waals surface area contributed by atoms with Crippen molar-refractivity contribution in [2.45, 2.75) is 38.8 Å². The third-order valence-corrected chi connectivity index (χ3v) is 4.90. The summed E-state index contributed by atoms with van der Waals surface area (Å²) in [4.78, 5) is 42.1. The number of hydrogen-bond acceptors (Lipinski definition) is 7. The van der Waals surface area contributed by atoms with Crippen molar-refractivity contribution < 1.29 is 28.6 Å². The lowest BCUT2D eigenvalue weighted by Crippen LogP contribution is -2.69. The van der Waals surface area contributed by atoms with Crippen LogP contribution in [-0.2, 0) is 34.1 Å². The van der Waals surface area contributed by atoms with Gasteiger partial charge in [-0.2, -0.15) is 0 Å². The van der Waals surface area contributed by atoms with Crippen LogP contribution in [-0.4, -0.2) is 42.9 Å². The zero-order valence-electron chi connectivity index (χ0n) is 15.0. The molecule has 0 bridgehead atoms. The number of fused-ring (bicyclic) bond motifs is 1. The minimum atomic E-state index is -1.57. The zero-order chi connectivity index (χ0) is 18.9. The van der Waals surface area contributed by atoms with Gasteiger partial charge in [-0.25, -0.2) is 4.99 Å². The van der Waals surface area contributed by atoms with Gasteiger partial charge in [0.05, 0.1) is 13.2 Å². The van der Waals surface area contributed by atoms with Crippen LogP contribution in [0.1, 0.15) is 32.8 Å². The number of ketones is 1. The van der Waals surface area contributed by atoms with Gasteiger partial charge in [-0.05, 0) is 19.4 Å². The van der Waals surface area contributed by atoms with Gasteiger partial charge in [-0.3, -0.25) is 14.4 Å². The average molecular weight is 359 g/mol. The fraction of sp³-hybridized carbons (Fsp3) is 0.474. The van der Waals surface area contributed by atoms with Gasteiger partial charge in [-0.1, -0.05) is 30.3 Å². The molecule has 1 saturated carbocycles. The zero-order valence-corrected chi connectivity index (χ0v) is 15.0. The van der Waals surface area contributed by atoms with Crippen molar-refractivity contribution >= 4 is 23.6 Å². The van der Waals surface area contributed by atoms with E-state index in [1.165, 1.54) is 6.92 Å². The minimum absolute atomic E-state index is 0.0131. The summed E-state index contributed by atoms with van der Waals surface area (Å²) < 4.78 is 16.0. The molecule has 0 spiro atoms. The Morgan fingerprint density at radius 2 is 1.88 bits per heavy atom. The molecule has 3 atom stereocenters. The summed E-state index contributed by atoms with van der Waals surface area (Å²) >= 11 is 0. The van der Waals surface area contributed by atoms with E-state index in [1.54, 1.807) is 38.1 Å². The Kier molecular flexibility index (Phi) is 4.56. The fourth-order valence-electron chi connectivity index (χ4n) is 3.89. The molecular weight excluding hydrogens is 338 g/mol. The topological polar surface area (TPSA) is 91.3 Å². The molecule has 7 nitrogen and oxygen atoms in total. The van der Waals surface area contributed by atoms with Gasteiger partial charge in [0.2, 0.25) is 5.78 Å². The first kappa shape index (κ1) is 18.1. The predicted octanol–water partition coefficient (Wildman–Crippen LogP) is 1.78. The van der Waals surface area contributed by atoms with E-state index in [2.05, 4.69) is 4.99 Å². The Morgan fingerprint density at radius 1 is 1.19 bits per heavy atom. The molecule has 26 heavy (non-hydrogen) atoms. The summed E-state index contributed by atoms with van der Waals surface area (Å²) in [5.74, 6) is -1.82. The first-order valence-electron chi connectivity index (χ1n) is 8.61. The summed E-state index contributed by atoms with van der Waals surface area (Å²) in [6, 6.07) is 8.89. The number of benzene rings is 1. The highest BCUT2D eigenvalue weighted by atomic mass is 16.6. The van der Waals surface area contributed by atoms with E-state index in [9.17, 15) is 14.4 Å². The first-order valence-corrected chi connectivity index (χ1v) is 8.61. The molecule has 2 aliphatic rings. The van der Waals surface area contributed by atoms with Crippen LogP contribution in [0.5, 0.6) is 0 Å². The number of nitrogens with zero attached hydrogens (tertiary/aromatic N) is 1. The van der Waals surface area contributed by atoms with E-state index in [4.69, 9.17) is 14.2 Å². The summed E-state index contributed by atoms with van der Waals surface area (Å²) in [5, 5.41) is 0. The number of carbonyl (C=O) groups is 3. The van der Waals surface area contributed by atoms with E-state index in [1.807, 2.05) is 6.07 Å². The number of ether oxygens (including phenoxy) is 3. The largest absolute Gasteiger partial charge is 0.476 e. The predicted molar refractivity (Wildman–Crippen MR) is 91.4 cm³/mol. The van der Waals surface area contributed by atoms with Crippen molar-refractivity contribution in [3.8, 4) is 0 Å². The van der Waals surface area contributed by atoms with Crippen molar-refractivity contribution in [1.82, 2.24) is 0 Å². The summed E-state index contributed by atoms with van der Waals surface area (Å²) in [7, 11) is 0. The lowest BCUT2D eigenvalue weighted by molar-refractivity contribution is -0.200. The number of hydrogen-bond donors (Lipinski definition) is 0. The van der Waals surface area contributed by atoms with Crippen LogP contribution < -0.4 is 0 Å². The molecule has 1 aromatic rings. The second kappa shape index (κ2) is 6.55. The van der Waals surface area contributed by atoms with Crippen LogP contribution in [0.25, 0.3) is 0 Å². The summed E-state index contributed by atoms with van der Waals surface area (Å²) in [6.07, 6.45) is -0.743. The van der Waals surface area contributed by atoms with Gasteiger partial charge in [0.25, 0.3) is 5.90 Å². The number of esters is 2. The second-order valence-corrected chi connectivity index (χ2v) is 6.24. The Labute approximate surface area is 151 Å². The first-order chi connectivity index (χ1) is 12.4. The summed E-state index contributed by atoms with van der Waals surface area (Å²) in [5.41, 5.74) is -2.34. The lowest BCUT2D eigenvalue weighted by atomic mass is 9.50. The molecule has 138 valence electrons. The standard InChI is InChI=1S/C19H21NO6/c1-4-24-16-15(22)18(17(23)25-5-2)11-14(26-12(3)21)19(18,20-16)13-9-7-6-8-10-13/h6-10,14H,4-5,11H2,1-3H3/t14-,18-,19-/m0/s1. The van der Waals surface area contributed by atoms with Gasteiger partial charge >= 0.3 is 11.9 Å². The highest BCUT2D eigenvalue weighted by molar-refractivity contribution is 6.45. The quantitative estimate of drug-likeness (QED) is 0.588. The normalized spacial score (nSPS) is 29.3. The average Bonchev–Trinajstić information content (AvgIpc) is 2.80. The Morgan fingerprint density at radius 3 is 2.46 bits per heavy atom. The highest BCUT2D eigenvalue weighted by Gasteiger charge is 2.81. The third kappa shape index (κ3) is 2.26. The number of Topliss-reactive ketones (excluding diaryl/α,β-unsaturated/α-hetero) is 1. The van der Waals surface area contributed by atoms with Crippen molar-refractivity contribution in [3.05, 3.63) is 35.9 Å². The van der Waals surface area contributed by atoms with Crippen molar-refractivity contribution in [1.29, 1.82) is 0 Å². The fourth-order valence-corrected chi connectivity index (χ4v) is 3.89. The molecular formula is C19H21NO6. The van der Waals surface area contributed by atoms with E-state index in [0.717, 1.165) is 0 Å². The molecule has 0 amide bonds. The molecule has 7 heteroatoms. The van der Waals surface area contributed by atoms with E-state index in [0.29, 0.717) is 5.56 Å². The van der Waals surface area contributed by atoms with Crippen LogP contribution >= 0.6 is 0 Å². The van der Waals surface area contributed by atoms with Gasteiger partial charge in [-0.15, -0.1) is 0 Å². The van der Waals surface area contributed by atoms with Gasteiger partial charge in [0.1, 0.15) is 6.10 Å². The Hall–Kier alpha value is -2.70. The van der Waals surface area contributed by atoms with Gasteiger partial charge < -0.3 is 14.2 Å². The molecule has 0 N–H and O–H groups in total. The number of rotatable bonds is 5. The van der Waals surface area contributed by atoms with Crippen LogP contribution in [0, 0.1) is 5.41 Å². The van der Waals surface area contributed by atoms with E-state index in [-0.39, 0.29) is 25.5 Å². The molecule has 0 unspecified atom stereocenters. The summed E-state index contributed by atoms with van der Waals surface area (Å²) in [6.45, 7) is 5.04. The molecule has 1 aliphatic heterocycles. The Bertz CT molecular complexity index is 773. The van der Waals surface area contributed by atoms with E-state index < -0.39 is 34.8 Å². The monoisotopic (exact) mass is 359 g/mol. The molecule has 1 heterocycles. The van der Waals surface area contributed by atoms with Crippen LogP contribution in [0.4, 0.5) is 0 Å². The van der Waals surface area contributed by atoms with Crippen LogP contribution in [0.15, 0.2) is 35.3 Å². The molecule has 0 radical (unpaired) electrons. The molecule has 1 aromatic carbocycles. The molecule has 3 rings (SSSR count). The molecule has 0 saturated heterocycles. The van der Waals surface area contributed by atoms with Crippen molar-refractivity contribution in [2.24, 2.45) is 10.4 Å². The molecule has 0 aromatic heterocycles. The smallest absolute Gasteiger partial charge is 0.323 e. The Balaban J connectivity index is 2.20. The van der Waals surface area contributed by atoms with E-state index >= 15 is 0 Å². The second-order valence-electron chi connectivity index (χ2n) is 6.24. The highest BCUT2D eigenvalue weighted by Crippen LogP contribution is 2.64. The number of aliphatic imine (C=N–C) groups is 1. The van der Waals surface area contributed by atoms with Gasteiger partial charge in [0.15, 0.2) is 11.0 Å². The third-order valence-electron chi connectivity index (χ3n) is 4.90. The molecule has 1 aliphatic carbocycles. The molecule has 1 fully saturated rings. The maximum Gasteiger partial charge on any atom is 0.323 e. The van der Waals surface area contributed by atoms with Crippen LogP contribution in [0.2, 0.25) is 0 Å². The van der Waals surface area contributed by atoms with Gasteiger partial charge in [0, 0.05) is 13.3 Å². The number of carbonyl (C=O) groups excluding carboxylic acids is 3. The van der Waals surface area contributed by atoms with Crippen molar-refractivity contribution in [2.75, 3.05) is 13.2 Å². The maximum atomic E-state index is 13.1. The maximum absolute atomic E-state index is 13.1. The van der Waals surface area contributed by atoms with Crippen LogP contribution in [0.3, 0.4) is 0 Å².